The lowest BCUT2D eigenvalue weighted by atomic mass is 10.1. The number of benzene rings is 1. The van der Waals surface area contributed by atoms with Crippen LogP contribution in [-0.4, -0.2) is 16.9 Å². The van der Waals surface area contributed by atoms with Crippen LogP contribution in [0.1, 0.15) is 36.0 Å². The van der Waals surface area contributed by atoms with Gasteiger partial charge in [-0.15, -0.1) is 0 Å². The van der Waals surface area contributed by atoms with Crippen molar-refractivity contribution in [2.45, 2.75) is 31.7 Å². The van der Waals surface area contributed by atoms with Gasteiger partial charge in [0.25, 0.3) is 5.91 Å². The molecule has 1 fully saturated rings. The molecule has 1 aromatic heterocycles. The zero-order valence-electron chi connectivity index (χ0n) is 10.5. The van der Waals surface area contributed by atoms with Crippen molar-refractivity contribution in [2.24, 2.45) is 0 Å². The zero-order valence-corrected chi connectivity index (χ0v) is 10.5. The predicted molar refractivity (Wildman–Crippen MR) is 71.4 cm³/mol. The quantitative estimate of drug-likeness (QED) is 0.899. The van der Waals surface area contributed by atoms with Crippen LogP contribution in [0.3, 0.4) is 0 Å². The predicted octanol–water partition coefficient (Wildman–Crippen LogP) is 3.05. The number of nitrogens with one attached hydrogen (secondary N) is 1. The highest BCUT2D eigenvalue weighted by Crippen LogP contribution is 2.19. The van der Waals surface area contributed by atoms with Crippen LogP contribution in [0.15, 0.2) is 30.5 Å². The Labute approximate surface area is 110 Å². The third-order valence-corrected chi connectivity index (χ3v) is 3.60. The molecule has 0 unspecified atom stereocenters. The molecule has 3 nitrogen and oxygen atoms in total. The maximum absolute atomic E-state index is 13.2. The molecule has 1 aromatic carbocycles. The number of nitrogens with zero attached hydrogens (tertiary/aromatic N) is 1. The smallest absolute Gasteiger partial charge is 0.253 e. The summed E-state index contributed by atoms with van der Waals surface area (Å²) < 4.78 is 13.2. The topological polar surface area (TPSA) is 42.0 Å². The number of rotatable bonds is 2. The van der Waals surface area contributed by atoms with Gasteiger partial charge in [-0.3, -0.25) is 9.78 Å². The SMILES string of the molecule is O=C(NC1CCCC1)c1cnc2ccc(F)cc2c1. The Hall–Kier alpha value is -1.97. The van der Waals surface area contributed by atoms with E-state index < -0.39 is 0 Å². The van der Waals surface area contributed by atoms with E-state index >= 15 is 0 Å². The Morgan fingerprint density at radius 2 is 2.05 bits per heavy atom. The van der Waals surface area contributed by atoms with E-state index in [-0.39, 0.29) is 17.8 Å². The fourth-order valence-corrected chi connectivity index (χ4v) is 2.57. The molecule has 1 N–H and O–H groups in total. The molecule has 0 radical (unpaired) electrons. The lowest BCUT2D eigenvalue weighted by Gasteiger charge is -2.11. The standard InChI is InChI=1S/C15H15FN2O/c16-12-5-6-14-10(8-12)7-11(9-17-14)15(19)18-13-3-1-2-4-13/h5-9,13H,1-4H2,(H,18,19). The molecular formula is C15H15FN2O. The van der Waals surface area contributed by atoms with Gasteiger partial charge in [-0.05, 0) is 37.1 Å². The number of hydrogen-bond donors (Lipinski definition) is 1. The molecule has 3 rings (SSSR count). The minimum absolute atomic E-state index is 0.120. The highest BCUT2D eigenvalue weighted by atomic mass is 19.1. The summed E-state index contributed by atoms with van der Waals surface area (Å²) in [5, 5.41) is 3.65. The number of pyridine rings is 1. The highest BCUT2D eigenvalue weighted by molar-refractivity contribution is 5.97. The van der Waals surface area contributed by atoms with Gasteiger partial charge < -0.3 is 5.32 Å². The van der Waals surface area contributed by atoms with Gasteiger partial charge in [-0.2, -0.15) is 0 Å². The summed E-state index contributed by atoms with van der Waals surface area (Å²) in [5.41, 5.74) is 1.18. The van der Waals surface area contributed by atoms with Crippen LogP contribution in [0.25, 0.3) is 10.9 Å². The molecule has 0 bridgehead atoms. The first-order valence-electron chi connectivity index (χ1n) is 6.58. The van der Waals surface area contributed by atoms with E-state index in [2.05, 4.69) is 10.3 Å². The molecule has 1 amide bonds. The third kappa shape index (κ3) is 2.57. The van der Waals surface area contributed by atoms with Crippen molar-refractivity contribution in [2.75, 3.05) is 0 Å². The van der Waals surface area contributed by atoms with Crippen molar-refractivity contribution >= 4 is 16.8 Å². The molecule has 19 heavy (non-hydrogen) atoms. The fraction of sp³-hybridized carbons (Fsp3) is 0.333. The van der Waals surface area contributed by atoms with Crippen LogP contribution in [0.2, 0.25) is 0 Å². The summed E-state index contributed by atoms with van der Waals surface area (Å²) in [6.07, 6.45) is 5.98. The number of fused-ring (bicyclic) bond motifs is 1. The second-order valence-corrected chi connectivity index (χ2v) is 5.02. The summed E-state index contributed by atoms with van der Waals surface area (Å²) in [5.74, 6) is -0.437. The Kier molecular flexibility index (Phi) is 3.15. The van der Waals surface area contributed by atoms with Gasteiger partial charge >= 0.3 is 0 Å². The Morgan fingerprint density at radius 3 is 2.84 bits per heavy atom. The number of carbonyl (C=O) groups is 1. The monoisotopic (exact) mass is 258 g/mol. The van der Waals surface area contributed by atoms with Crippen molar-refractivity contribution in [1.82, 2.24) is 10.3 Å². The molecule has 0 saturated heterocycles. The Balaban J connectivity index is 1.85. The summed E-state index contributed by atoms with van der Waals surface area (Å²) in [7, 11) is 0. The number of hydrogen-bond acceptors (Lipinski definition) is 2. The van der Waals surface area contributed by atoms with Crippen molar-refractivity contribution < 1.29 is 9.18 Å². The summed E-state index contributed by atoms with van der Waals surface area (Å²) in [6.45, 7) is 0. The second-order valence-electron chi connectivity index (χ2n) is 5.02. The minimum Gasteiger partial charge on any atom is -0.349 e. The van der Waals surface area contributed by atoms with Gasteiger partial charge in [0.05, 0.1) is 11.1 Å². The lowest BCUT2D eigenvalue weighted by Crippen LogP contribution is -2.32. The molecular weight excluding hydrogens is 243 g/mol. The van der Waals surface area contributed by atoms with Gasteiger partial charge in [-0.1, -0.05) is 12.8 Å². The van der Waals surface area contributed by atoms with Crippen LogP contribution in [0.5, 0.6) is 0 Å². The number of aromatic nitrogens is 1. The largest absolute Gasteiger partial charge is 0.349 e. The molecule has 4 heteroatoms. The lowest BCUT2D eigenvalue weighted by molar-refractivity contribution is 0.0937. The van der Waals surface area contributed by atoms with Crippen molar-refractivity contribution in [3.8, 4) is 0 Å². The first-order chi connectivity index (χ1) is 9.22. The molecule has 2 aromatic rings. The van der Waals surface area contributed by atoms with Gasteiger partial charge in [0.1, 0.15) is 5.82 Å². The van der Waals surface area contributed by atoms with Crippen molar-refractivity contribution in [1.29, 1.82) is 0 Å². The molecule has 0 spiro atoms. The number of amides is 1. The summed E-state index contributed by atoms with van der Waals surface area (Å²) in [6, 6.07) is 6.34. The molecule has 1 aliphatic rings. The maximum atomic E-state index is 13.2. The van der Waals surface area contributed by atoms with E-state index in [0.717, 1.165) is 12.8 Å². The third-order valence-electron chi connectivity index (χ3n) is 3.60. The molecule has 1 aliphatic carbocycles. The summed E-state index contributed by atoms with van der Waals surface area (Å²) >= 11 is 0. The van der Waals surface area contributed by atoms with E-state index in [0.29, 0.717) is 16.5 Å². The van der Waals surface area contributed by atoms with Gasteiger partial charge in [0, 0.05) is 17.6 Å². The first-order valence-corrected chi connectivity index (χ1v) is 6.58. The van der Waals surface area contributed by atoms with E-state index in [1.807, 2.05) is 0 Å². The number of carbonyl (C=O) groups excluding carboxylic acids is 1. The Morgan fingerprint density at radius 1 is 1.26 bits per heavy atom. The zero-order chi connectivity index (χ0) is 13.2. The van der Waals surface area contributed by atoms with Crippen molar-refractivity contribution in [3.05, 3.63) is 41.8 Å². The molecule has 98 valence electrons. The van der Waals surface area contributed by atoms with E-state index in [1.165, 1.54) is 25.0 Å². The molecule has 1 saturated carbocycles. The first kappa shape index (κ1) is 12.1. The van der Waals surface area contributed by atoms with Gasteiger partial charge in [-0.25, -0.2) is 4.39 Å². The average molecular weight is 258 g/mol. The van der Waals surface area contributed by atoms with Crippen LogP contribution in [0.4, 0.5) is 4.39 Å². The molecule has 1 heterocycles. The number of halogens is 1. The molecule has 0 atom stereocenters. The normalized spacial score (nSPS) is 15.8. The average Bonchev–Trinajstić information content (AvgIpc) is 2.90. The second kappa shape index (κ2) is 4.96. The van der Waals surface area contributed by atoms with Crippen molar-refractivity contribution in [3.63, 3.8) is 0 Å². The van der Waals surface area contributed by atoms with Crippen LogP contribution in [-0.2, 0) is 0 Å². The highest BCUT2D eigenvalue weighted by Gasteiger charge is 2.18. The minimum atomic E-state index is -0.317. The fourth-order valence-electron chi connectivity index (χ4n) is 2.57. The van der Waals surface area contributed by atoms with Gasteiger partial charge in [0.2, 0.25) is 0 Å². The maximum Gasteiger partial charge on any atom is 0.253 e. The van der Waals surface area contributed by atoms with E-state index in [1.54, 1.807) is 18.3 Å². The Bertz CT molecular complexity index is 621. The summed E-state index contributed by atoms with van der Waals surface area (Å²) in [4.78, 5) is 16.3. The van der Waals surface area contributed by atoms with Crippen LogP contribution in [0, 0.1) is 5.82 Å². The van der Waals surface area contributed by atoms with Gasteiger partial charge in [0.15, 0.2) is 0 Å². The van der Waals surface area contributed by atoms with Crippen LogP contribution < -0.4 is 5.32 Å². The van der Waals surface area contributed by atoms with Crippen LogP contribution >= 0.6 is 0 Å². The van der Waals surface area contributed by atoms with E-state index in [9.17, 15) is 9.18 Å². The molecule has 0 aliphatic heterocycles. The van der Waals surface area contributed by atoms with E-state index in [4.69, 9.17) is 0 Å².